The Labute approximate surface area is 95.5 Å². The molecule has 4 nitrogen and oxygen atoms in total. The fourth-order valence-electron chi connectivity index (χ4n) is 1.67. The first-order valence-electron chi connectivity index (χ1n) is 4.94. The molecule has 0 aromatic heterocycles. The maximum absolute atomic E-state index is 12.2. The second kappa shape index (κ2) is 4.21. The largest absolute Gasteiger partial charge is 0.385 e. The molecule has 2 amide bonds. The van der Waals surface area contributed by atoms with Crippen LogP contribution in [0.1, 0.15) is 20.7 Å². The Morgan fingerprint density at radius 3 is 2.00 bits per heavy atom. The van der Waals surface area contributed by atoms with Crippen molar-refractivity contribution in [3.8, 4) is 0 Å². The van der Waals surface area contributed by atoms with E-state index in [4.69, 9.17) is 5.11 Å². The van der Waals surface area contributed by atoms with Crippen molar-refractivity contribution in [3.63, 3.8) is 0 Å². The third-order valence-electron chi connectivity index (χ3n) is 2.54. The van der Waals surface area contributed by atoms with Gasteiger partial charge in [-0.05, 0) is 12.1 Å². The number of aliphatic hydroxyl groups is 1. The smallest absolute Gasteiger partial charge is 0.265 e. The van der Waals surface area contributed by atoms with Crippen LogP contribution in [0.3, 0.4) is 0 Å². The molecular formula is C11H9F2NO3. The number of carbonyl (C=O) groups excluding carboxylic acids is 2. The Kier molecular flexibility index (Phi) is 2.89. The lowest BCUT2D eigenvalue weighted by Crippen LogP contribution is -2.39. The highest BCUT2D eigenvalue weighted by Gasteiger charge is 2.37. The predicted molar refractivity (Wildman–Crippen MR) is 53.8 cm³/mol. The zero-order chi connectivity index (χ0) is 12.6. The summed E-state index contributed by atoms with van der Waals surface area (Å²) >= 11 is 0. The molecule has 1 aromatic rings. The van der Waals surface area contributed by atoms with Crippen molar-refractivity contribution in [3.05, 3.63) is 35.4 Å². The van der Waals surface area contributed by atoms with Crippen LogP contribution >= 0.6 is 0 Å². The number of imide groups is 1. The van der Waals surface area contributed by atoms with Gasteiger partial charge in [0, 0.05) is 0 Å². The minimum atomic E-state index is -2.99. The highest BCUT2D eigenvalue weighted by Crippen LogP contribution is 2.23. The van der Waals surface area contributed by atoms with E-state index in [0.717, 1.165) is 0 Å². The Balaban J connectivity index is 2.25. The Morgan fingerprint density at radius 1 is 1.12 bits per heavy atom. The van der Waals surface area contributed by atoms with Gasteiger partial charge >= 0.3 is 0 Å². The summed E-state index contributed by atoms with van der Waals surface area (Å²) in [7, 11) is 0. The molecule has 0 radical (unpaired) electrons. The quantitative estimate of drug-likeness (QED) is 0.800. The second-order valence-corrected chi connectivity index (χ2v) is 3.67. The third kappa shape index (κ3) is 1.91. The number of carbonyl (C=O) groups is 2. The first-order chi connectivity index (χ1) is 8.02. The number of amides is 2. The van der Waals surface area contributed by atoms with E-state index < -0.39 is 30.9 Å². The summed E-state index contributed by atoms with van der Waals surface area (Å²) in [5.41, 5.74) is 0.359. The van der Waals surface area contributed by atoms with Gasteiger partial charge in [-0.15, -0.1) is 0 Å². The van der Waals surface area contributed by atoms with Crippen LogP contribution in [0.25, 0.3) is 0 Å². The van der Waals surface area contributed by atoms with Crippen molar-refractivity contribution in [1.82, 2.24) is 4.90 Å². The highest BCUT2D eigenvalue weighted by atomic mass is 19.3. The zero-order valence-corrected chi connectivity index (χ0v) is 8.64. The van der Waals surface area contributed by atoms with Crippen LogP contribution < -0.4 is 0 Å². The van der Waals surface area contributed by atoms with Crippen molar-refractivity contribution in [2.75, 3.05) is 6.54 Å². The van der Waals surface area contributed by atoms with Gasteiger partial charge in [0.1, 0.15) is 6.10 Å². The maximum atomic E-state index is 12.2. The Bertz CT molecular complexity index is 441. The maximum Gasteiger partial charge on any atom is 0.265 e. The van der Waals surface area contributed by atoms with Gasteiger partial charge in [0.05, 0.1) is 17.7 Å². The van der Waals surface area contributed by atoms with E-state index in [9.17, 15) is 18.4 Å². The van der Waals surface area contributed by atoms with Crippen LogP contribution in [0.4, 0.5) is 8.78 Å². The summed E-state index contributed by atoms with van der Waals surface area (Å²) in [6.07, 6.45) is -5.00. The lowest BCUT2D eigenvalue weighted by molar-refractivity contribution is -0.0171. The van der Waals surface area contributed by atoms with Crippen molar-refractivity contribution in [2.45, 2.75) is 12.5 Å². The molecule has 0 aliphatic carbocycles. The molecule has 0 saturated heterocycles. The topological polar surface area (TPSA) is 57.6 Å². The third-order valence-corrected chi connectivity index (χ3v) is 2.54. The molecular weight excluding hydrogens is 232 g/mol. The van der Waals surface area contributed by atoms with Crippen molar-refractivity contribution in [1.29, 1.82) is 0 Å². The van der Waals surface area contributed by atoms with Crippen LogP contribution in [0.15, 0.2) is 24.3 Å². The van der Waals surface area contributed by atoms with Crippen LogP contribution in [0.5, 0.6) is 0 Å². The highest BCUT2D eigenvalue weighted by molar-refractivity contribution is 6.21. The average molecular weight is 241 g/mol. The molecule has 1 heterocycles. The average Bonchev–Trinajstić information content (AvgIpc) is 2.55. The van der Waals surface area contributed by atoms with E-state index in [1.165, 1.54) is 12.1 Å². The molecule has 1 N–H and O–H groups in total. The molecule has 1 aliphatic rings. The van der Waals surface area contributed by atoms with Gasteiger partial charge in [-0.2, -0.15) is 0 Å². The summed E-state index contributed by atoms with van der Waals surface area (Å²) in [6.45, 7) is -0.690. The molecule has 90 valence electrons. The van der Waals surface area contributed by atoms with E-state index >= 15 is 0 Å². The number of aliphatic hydroxyl groups excluding tert-OH is 1. The van der Waals surface area contributed by atoms with Gasteiger partial charge in [-0.25, -0.2) is 8.78 Å². The first kappa shape index (κ1) is 11.7. The molecule has 0 saturated carbocycles. The summed E-state index contributed by atoms with van der Waals surface area (Å²) in [5.74, 6) is -1.30. The summed E-state index contributed by atoms with van der Waals surface area (Å²) in [4.78, 5) is 24.1. The van der Waals surface area contributed by atoms with Gasteiger partial charge in [0.2, 0.25) is 0 Å². The number of alkyl halides is 2. The van der Waals surface area contributed by atoms with Gasteiger partial charge in [0.25, 0.3) is 18.2 Å². The number of benzene rings is 1. The summed E-state index contributed by atoms with van der Waals surface area (Å²) in [6, 6.07) is 6.06. The molecule has 17 heavy (non-hydrogen) atoms. The molecule has 1 aliphatic heterocycles. The fourth-order valence-corrected chi connectivity index (χ4v) is 1.67. The summed E-state index contributed by atoms with van der Waals surface area (Å²) in [5, 5.41) is 9.01. The normalized spacial score (nSPS) is 16.6. The molecule has 2 rings (SSSR count). The minimum Gasteiger partial charge on any atom is -0.385 e. The van der Waals surface area contributed by atoms with Crippen molar-refractivity contribution < 1.29 is 23.5 Å². The molecule has 1 atom stereocenters. The van der Waals surface area contributed by atoms with E-state index in [-0.39, 0.29) is 11.1 Å². The molecule has 0 bridgehead atoms. The van der Waals surface area contributed by atoms with Gasteiger partial charge in [-0.3, -0.25) is 14.5 Å². The predicted octanol–water partition coefficient (Wildman–Crippen LogP) is 0.909. The van der Waals surface area contributed by atoms with Gasteiger partial charge in [0.15, 0.2) is 0 Å². The van der Waals surface area contributed by atoms with Crippen LogP contribution in [0, 0.1) is 0 Å². The number of hydrogen-bond acceptors (Lipinski definition) is 3. The zero-order valence-electron chi connectivity index (χ0n) is 8.64. The van der Waals surface area contributed by atoms with Crippen LogP contribution in [0.2, 0.25) is 0 Å². The van der Waals surface area contributed by atoms with E-state index in [1.54, 1.807) is 12.1 Å². The Hall–Kier alpha value is -1.82. The van der Waals surface area contributed by atoms with E-state index in [0.29, 0.717) is 4.90 Å². The number of rotatable bonds is 3. The SMILES string of the molecule is O=C1c2ccccc2C(=O)N1CC(O)C(F)F. The van der Waals surface area contributed by atoms with E-state index in [2.05, 4.69) is 0 Å². The van der Waals surface area contributed by atoms with E-state index in [1.807, 2.05) is 0 Å². The molecule has 1 unspecified atom stereocenters. The minimum absolute atomic E-state index is 0.180. The number of halogens is 2. The monoisotopic (exact) mass is 241 g/mol. The molecule has 1 aromatic carbocycles. The van der Waals surface area contributed by atoms with Crippen molar-refractivity contribution >= 4 is 11.8 Å². The summed E-state index contributed by atoms with van der Waals surface area (Å²) < 4.78 is 24.3. The number of hydrogen-bond donors (Lipinski definition) is 1. The molecule has 6 heteroatoms. The lowest BCUT2D eigenvalue weighted by atomic mass is 10.1. The number of β-amino-alcohol motifs (C(OH)–C–C–N with tert-alkyl or cyclic N) is 1. The standard InChI is InChI=1S/C11H9F2NO3/c12-9(13)8(15)5-14-10(16)6-3-1-2-4-7(6)11(14)17/h1-4,8-9,15H,5H2. The first-order valence-corrected chi connectivity index (χ1v) is 4.94. The Morgan fingerprint density at radius 2 is 1.59 bits per heavy atom. The van der Waals surface area contributed by atoms with Gasteiger partial charge < -0.3 is 5.11 Å². The van der Waals surface area contributed by atoms with Crippen LogP contribution in [-0.2, 0) is 0 Å². The molecule has 0 fully saturated rings. The van der Waals surface area contributed by atoms with Crippen molar-refractivity contribution in [2.24, 2.45) is 0 Å². The molecule has 0 spiro atoms. The number of fused-ring (bicyclic) bond motifs is 1. The fraction of sp³-hybridized carbons (Fsp3) is 0.273. The van der Waals surface area contributed by atoms with Gasteiger partial charge in [-0.1, -0.05) is 12.1 Å². The van der Waals surface area contributed by atoms with Crippen LogP contribution in [-0.4, -0.2) is 40.9 Å². The second-order valence-electron chi connectivity index (χ2n) is 3.67. The lowest BCUT2D eigenvalue weighted by Gasteiger charge is -2.17. The number of nitrogens with zero attached hydrogens (tertiary/aromatic N) is 1.